The molecule has 2 N–H and O–H groups in total. The van der Waals surface area contributed by atoms with E-state index in [9.17, 15) is 14.4 Å². The molecule has 0 saturated heterocycles. The van der Waals surface area contributed by atoms with Gasteiger partial charge in [0.15, 0.2) is 0 Å². The van der Waals surface area contributed by atoms with E-state index in [1.165, 1.54) is 6.92 Å². The Kier molecular flexibility index (Phi) is 8.01. The van der Waals surface area contributed by atoms with Crippen molar-refractivity contribution in [3.8, 4) is 5.75 Å². The Morgan fingerprint density at radius 2 is 1.80 bits per heavy atom. The van der Waals surface area contributed by atoms with Crippen molar-refractivity contribution in [3.05, 3.63) is 112 Å². The Morgan fingerprint density at radius 3 is 2.51 bits per heavy atom. The van der Waals surface area contributed by atoms with E-state index in [0.717, 1.165) is 22.4 Å². The number of hydrogen-bond acceptors (Lipinski definition) is 7. The first-order valence-corrected chi connectivity index (χ1v) is 13.6. The third-order valence-corrected chi connectivity index (χ3v) is 7.67. The number of aromatic nitrogens is 1. The molecule has 5 rings (SSSR count). The summed E-state index contributed by atoms with van der Waals surface area (Å²) in [4.78, 5) is 43.8. The molecule has 0 fully saturated rings. The summed E-state index contributed by atoms with van der Waals surface area (Å²) in [6, 6.07) is 19.1. The molecular weight excluding hydrogens is 518 g/mol. The highest BCUT2D eigenvalue weighted by atomic mass is 16.5. The lowest BCUT2D eigenvalue weighted by molar-refractivity contribution is -0.142. The maximum Gasteiger partial charge on any atom is 0.302 e. The van der Waals surface area contributed by atoms with Crippen LogP contribution in [0.1, 0.15) is 54.4 Å². The van der Waals surface area contributed by atoms with Crippen LogP contribution in [0.5, 0.6) is 5.75 Å². The third-order valence-electron chi connectivity index (χ3n) is 7.67. The summed E-state index contributed by atoms with van der Waals surface area (Å²) in [6.45, 7) is 5.08. The van der Waals surface area contributed by atoms with Gasteiger partial charge in [-0.2, -0.15) is 0 Å². The fourth-order valence-corrected chi connectivity index (χ4v) is 5.73. The van der Waals surface area contributed by atoms with Gasteiger partial charge in [0.1, 0.15) is 24.0 Å². The molecule has 1 aliphatic carbocycles. The monoisotopic (exact) mass is 551 g/mol. The van der Waals surface area contributed by atoms with E-state index < -0.39 is 17.8 Å². The number of ether oxygens (including phenoxy) is 2. The second-order valence-corrected chi connectivity index (χ2v) is 10.4. The first-order valence-electron chi connectivity index (χ1n) is 13.6. The average molecular weight is 552 g/mol. The van der Waals surface area contributed by atoms with Crippen LogP contribution in [0.3, 0.4) is 0 Å². The standard InChI is InChI=1S/C33H33N3O5/c1-19-9-8-14-34-32(19)36-33(39)29-20(2)35-26-16-24(22-10-6-5-7-11-22)17-27(38)31(26)30(29)23-12-13-28(40-4)25(15-23)18-41-21(3)37/h5-16,24,30-31,35H,17-18H2,1-4H3,(H,34,36,39). The number of nitrogens with zero attached hydrogens (tertiary/aromatic N) is 1. The molecule has 2 heterocycles. The van der Waals surface area contributed by atoms with Gasteiger partial charge < -0.3 is 20.1 Å². The predicted molar refractivity (Wildman–Crippen MR) is 155 cm³/mol. The number of nitrogens with one attached hydrogen (secondary N) is 2. The van der Waals surface area contributed by atoms with Crippen LogP contribution in [-0.4, -0.2) is 29.8 Å². The van der Waals surface area contributed by atoms with E-state index in [2.05, 4.69) is 21.7 Å². The Hall–Kier alpha value is -4.72. The molecule has 3 aromatic rings. The van der Waals surface area contributed by atoms with Gasteiger partial charge in [-0.25, -0.2) is 4.98 Å². The van der Waals surface area contributed by atoms with E-state index >= 15 is 0 Å². The molecule has 2 aromatic carbocycles. The highest BCUT2D eigenvalue weighted by Gasteiger charge is 2.44. The Labute approximate surface area is 239 Å². The number of benzene rings is 2. The SMILES string of the molecule is COc1ccc(C2C(C(=O)Nc3ncccc3C)=C(C)NC3=CC(c4ccccc4)CC(=O)C32)cc1COC(C)=O. The molecule has 1 aliphatic heterocycles. The highest BCUT2D eigenvalue weighted by molar-refractivity contribution is 6.06. The summed E-state index contributed by atoms with van der Waals surface area (Å²) in [5.74, 6) is -0.957. The molecule has 0 spiro atoms. The van der Waals surface area contributed by atoms with Crippen LogP contribution in [-0.2, 0) is 25.7 Å². The lowest BCUT2D eigenvalue weighted by Gasteiger charge is -2.40. The normalized spacial score (nSPS) is 20.0. The molecule has 2 aliphatic rings. The number of anilines is 1. The minimum Gasteiger partial charge on any atom is -0.496 e. The Morgan fingerprint density at radius 1 is 1.02 bits per heavy atom. The predicted octanol–water partition coefficient (Wildman–Crippen LogP) is 5.32. The quantitative estimate of drug-likeness (QED) is 0.383. The molecule has 1 amide bonds. The summed E-state index contributed by atoms with van der Waals surface area (Å²) in [5, 5.41) is 6.36. The molecule has 1 aromatic heterocycles. The number of carbonyl (C=O) groups excluding carboxylic acids is 3. The van der Waals surface area contributed by atoms with Gasteiger partial charge in [-0.3, -0.25) is 14.4 Å². The molecular formula is C33H33N3O5. The molecule has 8 heteroatoms. The van der Waals surface area contributed by atoms with Crippen LogP contribution in [0, 0.1) is 12.8 Å². The van der Waals surface area contributed by atoms with Gasteiger partial charge in [-0.15, -0.1) is 0 Å². The maximum absolute atomic E-state index is 14.0. The smallest absolute Gasteiger partial charge is 0.302 e. The number of fused-ring (bicyclic) bond motifs is 1. The van der Waals surface area contributed by atoms with Crippen LogP contribution < -0.4 is 15.4 Å². The van der Waals surface area contributed by atoms with Crippen molar-refractivity contribution in [1.82, 2.24) is 10.3 Å². The Balaban J connectivity index is 1.62. The summed E-state index contributed by atoms with van der Waals surface area (Å²) >= 11 is 0. The van der Waals surface area contributed by atoms with Crippen molar-refractivity contribution >= 4 is 23.5 Å². The van der Waals surface area contributed by atoms with Gasteiger partial charge in [-0.1, -0.05) is 48.5 Å². The molecule has 0 saturated carbocycles. The third kappa shape index (κ3) is 5.77. The Bertz CT molecular complexity index is 1560. The van der Waals surface area contributed by atoms with E-state index in [0.29, 0.717) is 34.8 Å². The number of pyridine rings is 1. The van der Waals surface area contributed by atoms with E-state index in [-0.39, 0.29) is 24.2 Å². The van der Waals surface area contributed by atoms with Gasteiger partial charge in [0.25, 0.3) is 5.91 Å². The van der Waals surface area contributed by atoms with Gasteiger partial charge in [0.2, 0.25) is 0 Å². The van der Waals surface area contributed by atoms with Crippen molar-refractivity contribution in [3.63, 3.8) is 0 Å². The van der Waals surface area contributed by atoms with Crippen molar-refractivity contribution < 1.29 is 23.9 Å². The van der Waals surface area contributed by atoms with Crippen LogP contribution in [0.15, 0.2) is 89.9 Å². The second kappa shape index (κ2) is 11.8. The molecule has 3 atom stereocenters. The van der Waals surface area contributed by atoms with Crippen LogP contribution in [0.25, 0.3) is 0 Å². The van der Waals surface area contributed by atoms with Crippen molar-refractivity contribution in [2.24, 2.45) is 5.92 Å². The van der Waals surface area contributed by atoms with E-state index in [1.54, 1.807) is 19.4 Å². The van der Waals surface area contributed by atoms with Gasteiger partial charge in [0, 0.05) is 53.9 Å². The number of carbonyl (C=O) groups is 3. The number of allylic oxidation sites excluding steroid dienone is 3. The topological polar surface area (TPSA) is 107 Å². The van der Waals surface area contributed by atoms with Gasteiger partial charge >= 0.3 is 5.97 Å². The van der Waals surface area contributed by atoms with Crippen molar-refractivity contribution in [2.75, 3.05) is 12.4 Å². The number of methoxy groups -OCH3 is 1. The molecule has 3 unspecified atom stereocenters. The van der Waals surface area contributed by atoms with Crippen LogP contribution >= 0.6 is 0 Å². The van der Waals surface area contributed by atoms with Crippen molar-refractivity contribution in [2.45, 2.75) is 45.6 Å². The fraction of sp³-hybridized carbons (Fsp3) is 0.273. The first kappa shape index (κ1) is 27.8. The lowest BCUT2D eigenvalue weighted by atomic mass is 9.68. The van der Waals surface area contributed by atoms with Gasteiger partial charge in [0.05, 0.1) is 13.0 Å². The summed E-state index contributed by atoms with van der Waals surface area (Å²) < 4.78 is 10.8. The summed E-state index contributed by atoms with van der Waals surface area (Å²) in [6.07, 6.45) is 4.05. The molecule has 210 valence electrons. The number of amides is 1. The lowest BCUT2D eigenvalue weighted by Crippen LogP contribution is -2.42. The number of hydrogen-bond donors (Lipinski definition) is 2. The van der Waals surface area contributed by atoms with E-state index in [4.69, 9.17) is 9.47 Å². The minimum absolute atomic E-state index is 0.00602. The largest absolute Gasteiger partial charge is 0.496 e. The highest BCUT2D eigenvalue weighted by Crippen LogP contribution is 2.46. The zero-order chi connectivity index (χ0) is 29.1. The molecule has 0 radical (unpaired) electrons. The summed E-state index contributed by atoms with van der Waals surface area (Å²) in [5.41, 5.74) is 5.17. The number of aryl methyl sites for hydroxylation is 1. The van der Waals surface area contributed by atoms with E-state index in [1.807, 2.05) is 68.4 Å². The molecule has 41 heavy (non-hydrogen) atoms. The zero-order valence-electron chi connectivity index (χ0n) is 23.6. The maximum atomic E-state index is 14.0. The van der Waals surface area contributed by atoms with Gasteiger partial charge in [-0.05, 0) is 48.7 Å². The number of ketones is 1. The average Bonchev–Trinajstić information content (AvgIpc) is 2.96. The second-order valence-electron chi connectivity index (χ2n) is 10.4. The first-order chi connectivity index (χ1) is 19.8. The van der Waals surface area contributed by atoms with Crippen LogP contribution in [0.2, 0.25) is 0 Å². The zero-order valence-corrected chi connectivity index (χ0v) is 23.6. The fourth-order valence-electron chi connectivity index (χ4n) is 5.73. The van der Waals surface area contributed by atoms with Crippen LogP contribution in [0.4, 0.5) is 5.82 Å². The number of esters is 1. The summed E-state index contributed by atoms with van der Waals surface area (Å²) in [7, 11) is 1.55. The molecule has 0 bridgehead atoms. The van der Waals surface area contributed by atoms with Crippen molar-refractivity contribution in [1.29, 1.82) is 0 Å². The minimum atomic E-state index is -0.598. The molecule has 8 nitrogen and oxygen atoms in total. The number of Topliss-reactive ketones (excluding diaryl/α,β-unsaturated/α-hetero) is 1. The number of rotatable bonds is 7.